The fraction of sp³-hybridized carbons (Fsp3) is 0.238. The van der Waals surface area contributed by atoms with E-state index in [1.54, 1.807) is 0 Å². The predicted molar refractivity (Wildman–Crippen MR) is 107 cm³/mol. The van der Waals surface area contributed by atoms with Gasteiger partial charge in [0.25, 0.3) is 0 Å². The summed E-state index contributed by atoms with van der Waals surface area (Å²) in [6, 6.07) is 6.50. The van der Waals surface area contributed by atoms with Gasteiger partial charge in [0, 0.05) is 30.4 Å². The molecule has 0 radical (unpaired) electrons. The Bertz CT molecular complexity index is 1180. The van der Waals surface area contributed by atoms with Gasteiger partial charge in [0.1, 0.15) is 17.2 Å². The minimum Gasteiger partial charge on any atom is -0.477 e. The van der Waals surface area contributed by atoms with Crippen LogP contribution in [0.1, 0.15) is 29.6 Å². The molecule has 8 heteroatoms. The van der Waals surface area contributed by atoms with E-state index in [9.17, 15) is 23.5 Å². The molecule has 0 aliphatic carbocycles. The summed E-state index contributed by atoms with van der Waals surface area (Å²) in [7, 11) is 0. The zero-order valence-electron chi connectivity index (χ0n) is 15.5. The van der Waals surface area contributed by atoms with Crippen molar-refractivity contribution in [1.82, 2.24) is 4.57 Å². The van der Waals surface area contributed by atoms with Crippen LogP contribution in [0.25, 0.3) is 16.6 Å². The number of carbonyl (C=O) groups is 1. The fourth-order valence-electron chi connectivity index (χ4n) is 3.78. The molecule has 1 aliphatic heterocycles. The lowest BCUT2D eigenvalue weighted by Crippen LogP contribution is -2.30. The summed E-state index contributed by atoms with van der Waals surface area (Å²) in [5.74, 6) is -2.76. The van der Waals surface area contributed by atoms with Gasteiger partial charge in [-0.05, 0) is 49.6 Å². The van der Waals surface area contributed by atoms with Crippen molar-refractivity contribution in [3.05, 3.63) is 63.9 Å². The van der Waals surface area contributed by atoms with Crippen LogP contribution in [0.5, 0.6) is 0 Å². The first-order chi connectivity index (χ1) is 13.9. The van der Waals surface area contributed by atoms with Gasteiger partial charge in [-0.3, -0.25) is 4.79 Å². The highest BCUT2D eigenvalue weighted by Crippen LogP contribution is 2.29. The molecule has 0 bridgehead atoms. The van der Waals surface area contributed by atoms with Gasteiger partial charge < -0.3 is 20.3 Å². The average molecular weight is 399 g/mol. The molecule has 29 heavy (non-hydrogen) atoms. The number of anilines is 2. The highest BCUT2D eigenvalue weighted by Gasteiger charge is 2.21. The van der Waals surface area contributed by atoms with Crippen LogP contribution in [0, 0.1) is 11.6 Å². The maximum absolute atomic E-state index is 14.9. The van der Waals surface area contributed by atoms with Gasteiger partial charge in [0.2, 0.25) is 5.43 Å². The predicted octanol–water partition coefficient (Wildman–Crippen LogP) is 3.54. The van der Waals surface area contributed by atoms with Crippen molar-refractivity contribution in [2.24, 2.45) is 0 Å². The van der Waals surface area contributed by atoms with E-state index in [-0.39, 0.29) is 22.3 Å². The number of rotatable bonds is 3. The van der Waals surface area contributed by atoms with Crippen molar-refractivity contribution in [3.8, 4) is 5.69 Å². The van der Waals surface area contributed by atoms with Gasteiger partial charge in [0.05, 0.1) is 16.9 Å². The number of hydrogen-bond donors (Lipinski definition) is 2. The molecule has 0 amide bonds. The summed E-state index contributed by atoms with van der Waals surface area (Å²) >= 11 is 0. The molecule has 0 atom stereocenters. The third-order valence-electron chi connectivity index (χ3n) is 5.23. The summed E-state index contributed by atoms with van der Waals surface area (Å²) < 4.78 is 30.7. The number of carboxylic acids is 1. The van der Waals surface area contributed by atoms with Crippen LogP contribution in [0.3, 0.4) is 0 Å². The van der Waals surface area contributed by atoms with Crippen LogP contribution in [0.15, 0.2) is 41.3 Å². The number of pyridine rings is 1. The molecule has 3 aromatic rings. The first-order valence-corrected chi connectivity index (χ1v) is 9.29. The zero-order chi connectivity index (χ0) is 20.7. The zero-order valence-corrected chi connectivity index (χ0v) is 15.5. The highest BCUT2D eigenvalue weighted by atomic mass is 19.1. The van der Waals surface area contributed by atoms with Gasteiger partial charge in [-0.1, -0.05) is 0 Å². The number of nitrogens with two attached hydrogens (primary N) is 1. The van der Waals surface area contributed by atoms with Crippen molar-refractivity contribution >= 4 is 28.2 Å². The molecule has 3 N–H and O–H groups in total. The van der Waals surface area contributed by atoms with Crippen molar-refractivity contribution in [2.45, 2.75) is 19.3 Å². The third-order valence-corrected chi connectivity index (χ3v) is 5.23. The van der Waals surface area contributed by atoms with Crippen LogP contribution >= 0.6 is 0 Å². The number of fused-ring (bicyclic) bond motifs is 1. The minimum absolute atomic E-state index is 0.0166. The fourth-order valence-corrected chi connectivity index (χ4v) is 3.78. The van der Waals surface area contributed by atoms with E-state index in [4.69, 9.17) is 5.73 Å². The molecule has 150 valence electrons. The summed E-state index contributed by atoms with van der Waals surface area (Å²) in [5.41, 5.74) is 4.98. The van der Waals surface area contributed by atoms with Crippen molar-refractivity contribution < 1.29 is 18.7 Å². The monoisotopic (exact) mass is 399 g/mol. The Morgan fingerprint density at radius 3 is 2.34 bits per heavy atom. The standard InChI is InChI=1S/C21H19F2N3O3/c22-15-8-12(24)4-5-17(15)26-11-14(21(28)29)20(27)13-9-16(23)19(10-18(13)26)25-6-2-1-3-7-25/h4-5,8-11H,1-3,6-7,24H2,(H,28,29). The number of hydrogen-bond acceptors (Lipinski definition) is 4. The van der Waals surface area contributed by atoms with E-state index in [0.29, 0.717) is 18.8 Å². The molecule has 0 unspecified atom stereocenters. The third kappa shape index (κ3) is 3.30. The highest BCUT2D eigenvalue weighted by molar-refractivity contribution is 5.94. The largest absolute Gasteiger partial charge is 0.477 e. The van der Waals surface area contributed by atoms with Gasteiger partial charge in [-0.15, -0.1) is 0 Å². The summed E-state index contributed by atoms with van der Waals surface area (Å²) in [4.78, 5) is 26.1. The van der Waals surface area contributed by atoms with Crippen molar-refractivity contribution in [3.63, 3.8) is 0 Å². The van der Waals surface area contributed by atoms with Gasteiger partial charge in [-0.25, -0.2) is 13.6 Å². The molecule has 2 aromatic carbocycles. The smallest absolute Gasteiger partial charge is 0.341 e. The van der Waals surface area contributed by atoms with Crippen molar-refractivity contribution in [1.29, 1.82) is 0 Å². The summed E-state index contributed by atoms with van der Waals surface area (Å²) in [6.45, 7) is 1.35. The maximum atomic E-state index is 14.9. The number of piperidine rings is 1. The number of nitrogen functional groups attached to an aromatic ring is 1. The van der Waals surface area contributed by atoms with Gasteiger partial charge in [-0.2, -0.15) is 0 Å². The SMILES string of the molecule is Nc1ccc(-n2cc(C(=O)O)c(=O)c3cc(F)c(N4CCCCC4)cc32)c(F)c1. The Hall–Kier alpha value is -3.42. The number of aromatic nitrogens is 1. The number of carboxylic acid groups (broad SMARTS) is 1. The first-order valence-electron chi connectivity index (χ1n) is 9.29. The Kier molecular flexibility index (Phi) is 4.70. The molecule has 0 spiro atoms. The average Bonchev–Trinajstić information content (AvgIpc) is 2.69. The molecule has 2 heterocycles. The molecule has 6 nitrogen and oxygen atoms in total. The van der Waals surface area contributed by atoms with Crippen LogP contribution in [0.4, 0.5) is 20.2 Å². The molecule has 4 rings (SSSR count). The van der Waals surface area contributed by atoms with Crippen LogP contribution in [-0.4, -0.2) is 28.7 Å². The second-order valence-corrected chi connectivity index (χ2v) is 7.13. The Balaban J connectivity index is 2.05. The maximum Gasteiger partial charge on any atom is 0.341 e. The van der Waals surface area contributed by atoms with E-state index >= 15 is 0 Å². The summed E-state index contributed by atoms with van der Waals surface area (Å²) in [6.07, 6.45) is 3.98. The van der Waals surface area contributed by atoms with Crippen LogP contribution in [0.2, 0.25) is 0 Å². The normalized spacial score (nSPS) is 14.3. The van der Waals surface area contributed by atoms with E-state index < -0.39 is 28.6 Å². The number of halogens is 2. The lowest BCUT2D eigenvalue weighted by molar-refractivity contribution is 0.0695. The number of aromatic carboxylic acids is 1. The van der Waals surface area contributed by atoms with E-state index in [2.05, 4.69) is 0 Å². The molecule has 0 saturated carbocycles. The molecule has 1 aromatic heterocycles. The number of nitrogens with zero attached hydrogens (tertiary/aromatic N) is 2. The Labute approximate surface area is 164 Å². The van der Waals surface area contributed by atoms with E-state index in [0.717, 1.165) is 37.6 Å². The minimum atomic E-state index is -1.47. The van der Waals surface area contributed by atoms with E-state index in [1.165, 1.54) is 22.8 Å². The second-order valence-electron chi connectivity index (χ2n) is 7.13. The number of benzene rings is 2. The quantitative estimate of drug-likeness (QED) is 0.658. The van der Waals surface area contributed by atoms with Crippen LogP contribution in [-0.2, 0) is 0 Å². The molecule has 1 fully saturated rings. The Morgan fingerprint density at radius 1 is 1.00 bits per heavy atom. The van der Waals surface area contributed by atoms with Crippen molar-refractivity contribution in [2.75, 3.05) is 23.7 Å². The van der Waals surface area contributed by atoms with Gasteiger partial charge >= 0.3 is 5.97 Å². The second kappa shape index (κ2) is 7.20. The topological polar surface area (TPSA) is 88.6 Å². The molecular formula is C21H19F2N3O3. The summed E-state index contributed by atoms with van der Waals surface area (Å²) in [5, 5.41) is 9.28. The lowest BCUT2D eigenvalue weighted by atomic mass is 10.1. The molecular weight excluding hydrogens is 380 g/mol. The van der Waals surface area contributed by atoms with Crippen LogP contribution < -0.4 is 16.1 Å². The van der Waals surface area contributed by atoms with E-state index in [1.807, 2.05) is 4.90 Å². The lowest BCUT2D eigenvalue weighted by Gasteiger charge is -2.29. The first kappa shape index (κ1) is 18.9. The Morgan fingerprint density at radius 2 is 1.69 bits per heavy atom. The van der Waals surface area contributed by atoms with Gasteiger partial charge in [0.15, 0.2) is 0 Å². The molecule has 1 saturated heterocycles. The molecule has 1 aliphatic rings.